The van der Waals surface area contributed by atoms with Gasteiger partial charge in [-0.2, -0.15) is 0 Å². The number of aromatic nitrogens is 4. The van der Waals surface area contributed by atoms with Gasteiger partial charge in [0.15, 0.2) is 11.5 Å². The monoisotopic (exact) mass is 488 g/mol. The largest absolute Gasteiger partial charge is 0.338 e. The molecule has 170 valence electrons. The summed E-state index contributed by atoms with van der Waals surface area (Å²) in [4.78, 5) is 23.2. The maximum Gasteiger partial charge on any atom is 0.253 e. The third kappa shape index (κ3) is 3.59. The van der Waals surface area contributed by atoms with Crippen molar-refractivity contribution in [3.8, 4) is 10.7 Å². The van der Waals surface area contributed by atoms with Gasteiger partial charge in [0.05, 0.1) is 10.4 Å². The Labute approximate surface area is 205 Å². The molecule has 9 heteroatoms. The van der Waals surface area contributed by atoms with Crippen molar-refractivity contribution >= 4 is 51.3 Å². The predicted octanol–water partition coefficient (Wildman–Crippen LogP) is 4.93. The molecule has 3 aromatic heterocycles. The molecule has 2 aromatic carbocycles. The molecule has 1 aliphatic heterocycles. The lowest BCUT2D eigenvalue weighted by atomic mass is 10.1. The molecule has 0 spiro atoms. The smallest absolute Gasteiger partial charge is 0.253 e. The minimum absolute atomic E-state index is 0.0651. The average molecular weight is 489 g/mol. The number of carbonyl (C=O) groups excluding carboxylic acids is 1. The Hall–Kier alpha value is -3.49. The van der Waals surface area contributed by atoms with Gasteiger partial charge in [0.2, 0.25) is 5.95 Å². The van der Waals surface area contributed by atoms with Crippen molar-refractivity contribution in [1.29, 1.82) is 0 Å². The fourth-order valence-corrected chi connectivity index (χ4v) is 5.30. The first kappa shape index (κ1) is 21.1. The summed E-state index contributed by atoms with van der Waals surface area (Å²) in [5.41, 5.74) is 3.34. The molecule has 0 aliphatic carbocycles. The zero-order valence-corrected chi connectivity index (χ0v) is 20.1. The van der Waals surface area contributed by atoms with Gasteiger partial charge in [-0.05, 0) is 48.7 Å². The second kappa shape index (κ2) is 8.38. The summed E-state index contributed by atoms with van der Waals surface area (Å²) in [7, 11) is 0. The first-order valence-electron chi connectivity index (χ1n) is 11.1. The number of amides is 1. The summed E-state index contributed by atoms with van der Waals surface area (Å²) in [5, 5.41) is 12.6. The molecule has 0 atom stereocenters. The molecule has 0 unspecified atom stereocenters. The number of benzene rings is 2. The van der Waals surface area contributed by atoms with E-state index < -0.39 is 0 Å². The van der Waals surface area contributed by atoms with E-state index >= 15 is 0 Å². The third-order valence-corrected chi connectivity index (χ3v) is 7.24. The normalized spacial score (nSPS) is 14.3. The van der Waals surface area contributed by atoms with E-state index in [1.807, 2.05) is 76.2 Å². The third-order valence-electron chi connectivity index (χ3n) is 6.14. The number of aryl methyl sites for hydroxylation is 1. The van der Waals surface area contributed by atoms with E-state index in [0.29, 0.717) is 31.2 Å². The van der Waals surface area contributed by atoms with Crippen LogP contribution in [0.4, 0.5) is 5.95 Å². The average Bonchev–Trinajstić information content (AvgIpc) is 3.53. The molecule has 4 heterocycles. The standard InChI is InChI=1S/C25H21ClN6OS/c1-16-4-2-5-17(14-16)24(33)30-9-11-31(12-10-30)25-27-20-15-18(26)7-8-19(20)22-28-29-23(32(22)25)21-6-3-13-34-21/h2-8,13-15H,9-12H2,1H3. The van der Waals surface area contributed by atoms with Gasteiger partial charge in [-0.15, -0.1) is 21.5 Å². The van der Waals surface area contributed by atoms with E-state index in [1.54, 1.807) is 11.3 Å². The minimum Gasteiger partial charge on any atom is -0.338 e. The van der Waals surface area contributed by atoms with Gasteiger partial charge < -0.3 is 9.80 Å². The maximum atomic E-state index is 13.0. The number of hydrogen-bond acceptors (Lipinski definition) is 6. The molecule has 1 saturated heterocycles. The number of hydrogen-bond donors (Lipinski definition) is 0. The summed E-state index contributed by atoms with van der Waals surface area (Å²) in [6.07, 6.45) is 0. The van der Waals surface area contributed by atoms with Gasteiger partial charge in [-0.1, -0.05) is 35.4 Å². The van der Waals surface area contributed by atoms with Crippen LogP contribution in [-0.4, -0.2) is 56.6 Å². The van der Waals surface area contributed by atoms with Gasteiger partial charge in [-0.3, -0.25) is 4.79 Å². The minimum atomic E-state index is 0.0651. The molecule has 1 fully saturated rings. The van der Waals surface area contributed by atoms with Crippen LogP contribution in [0.3, 0.4) is 0 Å². The second-order valence-electron chi connectivity index (χ2n) is 8.38. The van der Waals surface area contributed by atoms with Crippen molar-refractivity contribution in [3.05, 3.63) is 76.1 Å². The molecule has 34 heavy (non-hydrogen) atoms. The van der Waals surface area contributed by atoms with Gasteiger partial charge in [-0.25, -0.2) is 9.38 Å². The Morgan fingerprint density at radius 1 is 1.00 bits per heavy atom. The predicted molar refractivity (Wildman–Crippen MR) is 136 cm³/mol. The van der Waals surface area contributed by atoms with Crippen LogP contribution in [0.5, 0.6) is 0 Å². The Kier molecular flexibility index (Phi) is 5.19. The lowest BCUT2D eigenvalue weighted by Gasteiger charge is -2.35. The number of anilines is 1. The highest BCUT2D eigenvalue weighted by Gasteiger charge is 2.26. The Morgan fingerprint density at radius 2 is 1.85 bits per heavy atom. The van der Waals surface area contributed by atoms with Crippen LogP contribution in [0.2, 0.25) is 5.02 Å². The number of halogens is 1. The van der Waals surface area contributed by atoms with E-state index in [9.17, 15) is 4.79 Å². The van der Waals surface area contributed by atoms with Gasteiger partial charge in [0.1, 0.15) is 0 Å². The highest BCUT2D eigenvalue weighted by atomic mass is 35.5. The van der Waals surface area contributed by atoms with Crippen LogP contribution in [0.1, 0.15) is 15.9 Å². The highest BCUT2D eigenvalue weighted by Crippen LogP contribution is 2.31. The summed E-state index contributed by atoms with van der Waals surface area (Å²) >= 11 is 7.90. The Bertz CT molecular complexity index is 1520. The van der Waals surface area contributed by atoms with Crippen LogP contribution in [0.25, 0.3) is 27.3 Å². The summed E-state index contributed by atoms with van der Waals surface area (Å²) in [5.74, 6) is 1.60. The fourth-order valence-electron chi connectivity index (χ4n) is 4.44. The van der Waals surface area contributed by atoms with E-state index in [1.165, 1.54) is 0 Å². The van der Waals surface area contributed by atoms with Crippen molar-refractivity contribution in [1.82, 2.24) is 24.5 Å². The van der Waals surface area contributed by atoms with Crippen LogP contribution in [-0.2, 0) is 0 Å². The van der Waals surface area contributed by atoms with Crippen molar-refractivity contribution < 1.29 is 4.79 Å². The summed E-state index contributed by atoms with van der Waals surface area (Å²) < 4.78 is 2.03. The van der Waals surface area contributed by atoms with E-state index in [2.05, 4.69) is 15.1 Å². The number of fused-ring (bicyclic) bond motifs is 3. The SMILES string of the molecule is Cc1cccc(C(=O)N2CCN(c3nc4cc(Cl)ccc4c4nnc(-c5cccs5)n34)CC2)c1. The zero-order chi connectivity index (χ0) is 23.2. The van der Waals surface area contributed by atoms with Crippen LogP contribution < -0.4 is 4.90 Å². The molecular formula is C25H21ClN6OS. The van der Waals surface area contributed by atoms with Gasteiger partial charge in [0, 0.05) is 42.2 Å². The zero-order valence-electron chi connectivity index (χ0n) is 18.5. The lowest BCUT2D eigenvalue weighted by Crippen LogP contribution is -2.49. The molecule has 1 aliphatic rings. The van der Waals surface area contributed by atoms with Gasteiger partial charge >= 0.3 is 0 Å². The summed E-state index contributed by atoms with van der Waals surface area (Å²) in [6, 6.07) is 17.4. The van der Waals surface area contributed by atoms with Crippen molar-refractivity contribution in [2.75, 3.05) is 31.1 Å². The van der Waals surface area contributed by atoms with Crippen LogP contribution in [0.15, 0.2) is 60.0 Å². The van der Waals surface area contributed by atoms with Crippen molar-refractivity contribution in [2.45, 2.75) is 6.92 Å². The first-order valence-corrected chi connectivity index (χ1v) is 12.3. The van der Waals surface area contributed by atoms with Crippen LogP contribution >= 0.6 is 22.9 Å². The molecule has 0 saturated carbocycles. The summed E-state index contributed by atoms with van der Waals surface area (Å²) in [6.45, 7) is 4.55. The number of nitrogens with zero attached hydrogens (tertiary/aromatic N) is 6. The highest BCUT2D eigenvalue weighted by molar-refractivity contribution is 7.13. The number of carbonyl (C=O) groups is 1. The Morgan fingerprint density at radius 3 is 2.62 bits per heavy atom. The van der Waals surface area contributed by atoms with Crippen molar-refractivity contribution in [3.63, 3.8) is 0 Å². The first-order chi connectivity index (χ1) is 16.6. The fraction of sp³-hybridized carbons (Fsp3) is 0.200. The lowest BCUT2D eigenvalue weighted by molar-refractivity contribution is 0.0746. The van der Waals surface area contributed by atoms with E-state index in [4.69, 9.17) is 16.6 Å². The topological polar surface area (TPSA) is 66.6 Å². The number of piperazine rings is 1. The molecule has 7 nitrogen and oxygen atoms in total. The van der Waals surface area contributed by atoms with Crippen molar-refractivity contribution in [2.24, 2.45) is 0 Å². The second-order valence-corrected chi connectivity index (χ2v) is 9.77. The molecule has 0 bridgehead atoms. The number of rotatable bonds is 3. The van der Waals surface area contributed by atoms with Gasteiger partial charge in [0.25, 0.3) is 5.91 Å². The molecule has 5 aromatic rings. The maximum absolute atomic E-state index is 13.0. The van der Waals surface area contributed by atoms with E-state index in [-0.39, 0.29) is 5.91 Å². The molecule has 6 rings (SSSR count). The quantitative estimate of drug-likeness (QED) is 0.360. The van der Waals surface area contributed by atoms with Crippen LogP contribution in [0, 0.1) is 6.92 Å². The molecular weight excluding hydrogens is 468 g/mol. The van der Waals surface area contributed by atoms with E-state index in [0.717, 1.165) is 44.3 Å². The Balaban J connectivity index is 1.38. The number of thiophene rings is 1. The molecule has 1 amide bonds. The molecule has 0 radical (unpaired) electrons. The molecule has 0 N–H and O–H groups in total.